The number of carbonyl (C=O) groups excluding carboxylic acids is 1. The number of aryl methyl sites for hydroxylation is 1. The Kier molecular flexibility index (Phi) is 5.80. The summed E-state index contributed by atoms with van der Waals surface area (Å²) < 4.78 is 0. The van der Waals surface area contributed by atoms with Crippen LogP contribution >= 0.6 is 0 Å². The van der Waals surface area contributed by atoms with Gasteiger partial charge in [0.2, 0.25) is 5.95 Å². The normalized spacial score (nSPS) is 13.4. The van der Waals surface area contributed by atoms with Crippen LogP contribution in [-0.4, -0.2) is 38.8 Å². The fourth-order valence-electron chi connectivity index (χ4n) is 3.65. The Morgan fingerprint density at radius 1 is 1.03 bits per heavy atom. The number of nitrogens with zero attached hydrogens (tertiary/aromatic N) is 4. The molecular formula is C24H24N6O. The lowest BCUT2D eigenvalue weighted by Crippen LogP contribution is -2.35. The fourth-order valence-corrected chi connectivity index (χ4v) is 3.65. The number of hydrogen-bond acceptors (Lipinski definition) is 6. The van der Waals surface area contributed by atoms with Crippen molar-refractivity contribution in [2.24, 2.45) is 0 Å². The van der Waals surface area contributed by atoms with Crippen molar-refractivity contribution < 1.29 is 4.79 Å². The molecule has 1 aromatic carbocycles. The van der Waals surface area contributed by atoms with E-state index in [4.69, 9.17) is 11.5 Å². The second kappa shape index (κ2) is 8.84. The van der Waals surface area contributed by atoms with E-state index in [0.717, 1.165) is 37.1 Å². The Bertz CT molecular complexity index is 1170. The molecule has 1 fully saturated rings. The van der Waals surface area contributed by atoms with Gasteiger partial charge in [-0.3, -0.25) is 4.79 Å². The van der Waals surface area contributed by atoms with Crippen LogP contribution < -0.4 is 11.5 Å². The van der Waals surface area contributed by atoms with Gasteiger partial charge in [0.1, 0.15) is 5.82 Å². The maximum absolute atomic E-state index is 13.0. The smallest absolute Gasteiger partial charge is 0.253 e. The molecule has 2 aromatic heterocycles. The number of rotatable bonds is 2. The number of piperidine rings is 1. The number of nitrogen functional groups attached to an aromatic ring is 2. The first-order chi connectivity index (χ1) is 15.0. The van der Waals surface area contributed by atoms with Crippen LogP contribution in [0, 0.1) is 18.8 Å². The van der Waals surface area contributed by atoms with E-state index in [9.17, 15) is 4.79 Å². The Morgan fingerprint density at radius 3 is 2.58 bits per heavy atom. The Hall–Kier alpha value is -3.92. The first-order valence-electron chi connectivity index (χ1n) is 10.3. The molecule has 3 aromatic rings. The number of nitrogens with two attached hydrogens (primary N) is 2. The molecule has 156 valence electrons. The molecule has 0 saturated carbocycles. The van der Waals surface area contributed by atoms with E-state index in [1.54, 1.807) is 18.3 Å². The Morgan fingerprint density at radius 2 is 1.84 bits per heavy atom. The highest BCUT2D eigenvalue weighted by atomic mass is 16.2. The van der Waals surface area contributed by atoms with Gasteiger partial charge < -0.3 is 16.4 Å². The summed E-state index contributed by atoms with van der Waals surface area (Å²) in [5.74, 6) is 6.88. The average Bonchev–Trinajstić information content (AvgIpc) is 2.79. The quantitative estimate of drug-likeness (QED) is 0.626. The van der Waals surface area contributed by atoms with Crippen LogP contribution in [0.3, 0.4) is 0 Å². The van der Waals surface area contributed by atoms with Crippen molar-refractivity contribution in [1.82, 2.24) is 19.9 Å². The van der Waals surface area contributed by atoms with E-state index in [1.165, 1.54) is 6.42 Å². The minimum atomic E-state index is 0.0425. The molecule has 31 heavy (non-hydrogen) atoms. The number of hydrogen-bond donors (Lipinski definition) is 2. The molecule has 0 bridgehead atoms. The summed E-state index contributed by atoms with van der Waals surface area (Å²) in [5, 5.41) is 0. The number of amides is 1. The molecule has 0 aliphatic carbocycles. The summed E-state index contributed by atoms with van der Waals surface area (Å²) in [6.07, 6.45) is 4.89. The van der Waals surface area contributed by atoms with Gasteiger partial charge in [-0.05, 0) is 50.5 Å². The van der Waals surface area contributed by atoms with Crippen LogP contribution in [0.1, 0.15) is 46.4 Å². The monoisotopic (exact) mass is 412 g/mol. The van der Waals surface area contributed by atoms with Gasteiger partial charge in [-0.15, -0.1) is 0 Å². The molecule has 0 unspecified atom stereocenters. The largest absolute Gasteiger partial charge is 0.384 e. The van der Waals surface area contributed by atoms with Crippen molar-refractivity contribution in [2.45, 2.75) is 26.2 Å². The third kappa shape index (κ3) is 4.64. The fraction of sp³-hybridized carbons (Fsp3) is 0.250. The predicted molar refractivity (Wildman–Crippen MR) is 121 cm³/mol. The molecule has 0 spiro atoms. The Labute approximate surface area is 181 Å². The molecule has 1 aliphatic rings. The van der Waals surface area contributed by atoms with E-state index in [1.807, 2.05) is 36.1 Å². The van der Waals surface area contributed by atoms with E-state index in [-0.39, 0.29) is 11.9 Å². The molecule has 1 amide bonds. The van der Waals surface area contributed by atoms with Gasteiger partial charge in [0.25, 0.3) is 5.91 Å². The number of likely N-dealkylation sites (tertiary alicyclic amines) is 1. The molecule has 4 rings (SSSR count). The van der Waals surface area contributed by atoms with Gasteiger partial charge >= 0.3 is 0 Å². The zero-order valence-corrected chi connectivity index (χ0v) is 17.4. The van der Waals surface area contributed by atoms with Crippen molar-refractivity contribution in [3.63, 3.8) is 0 Å². The Balaban J connectivity index is 1.73. The third-order valence-electron chi connectivity index (χ3n) is 5.25. The highest BCUT2D eigenvalue weighted by Gasteiger charge is 2.19. The number of anilines is 2. The summed E-state index contributed by atoms with van der Waals surface area (Å²) in [6.45, 7) is 3.44. The van der Waals surface area contributed by atoms with Crippen LogP contribution in [0.2, 0.25) is 0 Å². The van der Waals surface area contributed by atoms with Crippen molar-refractivity contribution in [2.75, 3.05) is 24.6 Å². The zero-order valence-electron chi connectivity index (χ0n) is 17.4. The third-order valence-corrected chi connectivity index (χ3v) is 5.25. The second-order valence-corrected chi connectivity index (χ2v) is 7.55. The maximum atomic E-state index is 13.0. The highest BCUT2D eigenvalue weighted by Crippen LogP contribution is 2.26. The van der Waals surface area contributed by atoms with E-state index in [2.05, 4.69) is 26.8 Å². The second-order valence-electron chi connectivity index (χ2n) is 7.55. The number of pyridine rings is 1. The van der Waals surface area contributed by atoms with E-state index < -0.39 is 0 Å². The lowest BCUT2D eigenvalue weighted by molar-refractivity contribution is 0.0724. The molecule has 1 saturated heterocycles. The molecule has 0 radical (unpaired) electrons. The summed E-state index contributed by atoms with van der Waals surface area (Å²) >= 11 is 0. The van der Waals surface area contributed by atoms with Gasteiger partial charge in [-0.25, -0.2) is 15.0 Å². The van der Waals surface area contributed by atoms with Gasteiger partial charge in [-0.1, -0.05) is 24.0 Å². The first kappa shape index (κ1) is 20.4. The minimum absolute atomic E-state index is 0.0425. The standard InChI is InChI=1S/C24H24N6O/c1-16-20(10-8-17-9-11-21(25)27-15-17)22(29-24(26)28-16)18-6-5-7-19(14-18)23(31)30-12-3-2-4-13-30/h5-7,9,11,14-15H,2-4,12-13H2,1H3,(H2,25,27)(H2,26,28,29). The number of aromatic nitrogens is 3. The molecule has 0 atom stereocenters. The molecule has 1 aliphatic heterocycles. The van der Waals surface area contributed by atoms with Crippen LogP contribution in [-0.2, 0) is 0 Å². The van der Waals surface area contributed by atoms with Crippen LogP contribution in [0.15, 0.2) is 42.6 Å². The van der Waals surface area contributed by atoms with Gasteiger partial charge in [0.05, 0.1) is 17.0 Å². The van der Waals surface area contributed by atoms with Crippen LogP contribution in [0.5, 0.6) is 0 Å². The van der Waals surface area contributed by atoms with Crippen LogP contribution in [0.25, 0.3) is 11.3 Å². The van der Waals surface area contributed by atoms with Gasteiger partial charge in [0.15, 0.2) is 0 Å². The van der Waals surface area contributed by atoms with E-state index >= 15 is 0 Å². The van der Waals surface area contributed by atoms with Crippen molar-refractivity contribution >= 4 is 17.7 Å². The van der Waals surface area contributed by atoms with Crippen molar-refractivity contribution in [3.05, 3.63) is 65.0 Å². The highest BCUT2D eigenvalue weighted by molar-refractivity contribution is 5.95. The molecule has 3 heterocycles. The first-order valence-corrected chi connectivity index (χ1v) is 10.3. The summed E-state index contributed by atoms with van der Waals surface area (Å²) in [5.41, 5.74) is 15.7. The molecular weight excluding hydrogens is 388 g/mol. The zero-order chi connectivity index (χ0) is 21.8. The molecule has 7 nitrogen and oxygen atoms in total. The molecule has 7 heteroatoms. The van der Waals surface area contributed by atoms with E-state index in [0.29, 0.717) is 28.3 Å². The summed E-state index contributed by atoms with van der Waals surface area (Å²) in [6, 6.07) is 11.0. The summed E-state index contributed by atoms with van der Waals surface area (Å²) in [7, 11) is 0. The minimum Gasteiger partial charge on any atom is -0.384 e. The lowest BCUT2D eigenvalue weighted by Gasteiger charge is -2.26. The molecule has 4 N–H and O–H groups in total. The average molecular weight is 412 g/mol. The van der Waals surface area contributed by atoms with Crippen molar-refractivity contribution in [3.8, 4) is 23.1 Å². The SMILES string of the molecule is Cc1nc(N)nc(-c2cccc(C(=O)N3CCCCC3)c2)c1C#Cc1ccc(N)nc1. The topological polar surface area (TPSA) is 111 Å². The lowest BCUT2D eigenvalue weighted by atomic mass is 10.0. The van der Waals surface area contributed by atoms with Crippen molar-refractivity contribution in [1.29, 1.82) is 0 Å². The van der Waals surface area contributed by atoms with Gasteiger partial charge in [0, 0.05) is 36.0 Å². The van der Waals surface area contributed by atoms with Crippen LogP contribution in [0.4, 0.5) is 11.8 Å². The number of carbonyl (C=O) groups is 1. The predicted octanol–water partition coefficient (Wildman–Crippen LogP) is 3.04. The van der Waals surface area contributed by atoms with Gasteiger partial charge in [-0.2, -0.15) is 0 Å². The maximum Gasteiger partial charge on any atom is 0.253 e. The number of benzene rings is 1. The summed E-state index contributed by atoms with van der Waals surface area (Å²) in [4.78, 5) is 27.7.